The molecule has 114 valence electrons. The van der Waals surface area contributed by atoms with E-state index in [1.165, 1.54) is 0 Å². The second kappa shape index (κ2) is 5.36. The molecular formula is C13H21N7O. The number of nitrogen functional groups attached to an aromatic ring is 1. The molecule has 1 atom stereocenters. The number of aryl methyl sites for hydroxylation is 1. The molecule has 1 unspecified atom stereocenters. The summed E-state index contributed by atoms with van der Waals surface area (Å²) < 4.78 is 0. The zero-order chi connectivity index (χ0) is 15.0. The highest BCUT2D eigenvalue weighted by molar-refractivity contribution is 5.77. The highest BCUT2D eigenvalue weighted by atomic mass is 16.2. The number of urea groups is 1. The lowest BCUT2D eigenvalue weighted by atomic mass is 10.1. The van der Waals surface area contributed by atoms with Crippen LogP contribution < -0.4 is 21.5 Å². The monoisotopic (exact) mass is 291 g/mol. The lowest BCUT2D eigenvalue weighted by molar-refractivity contribution is 0.197. The van der Waals surface area contributed by atoms with Crippen LogP contribution in [0.2, 0.25) is 0 Å². The molecule has 3 heterocycles. The molecule has 1 aromatic heterocycles. The van der Waals surface area contributed by atoms with Crippen molar-refractivity contribution in [2.75, 3.05) is 36.5 Å². The number of nitrogens with zero attached hydrogens (tertiary/aromatic N) is 4. The Balaban J connectivity index is 1.88. The van der Waals surface area contributed by atoms with Gasteiger partial charge in [-0.15, -0.1) is 0 Å². The molecular weight excluding hydrogens is 270 g/mol. The summed E-state index contributed by atoms with van der Waals surface area (Å²) in [6.07, 6.45) is 0.755. The van der Waals surface area contributed by atoms with E-state index in [-0.39, 0.29) is 12.1 Å². The van der Waals surface area contributed by atoms with Crippen LogP contribution in [-0.4, -0.2) is 53.1 Å². The highest BCUT2D eigenvalue weighted by Gasteiger charge is 2.36. The van der Waals surface area contributed by atoms with Crippen molar-refractivity contribution in [3.63, 3.8) is 0 Å². The molecule has 8 nitrogen and oxygen atoms in total. The van der Waals surface area contributed by atoms with Gasteiger partial charge in [0.25, 0.3) is 0 Å². The average Bonchev–Trinajstić information content (AvgIpc) is 2.88. The summed E-state index contributed by atoms with van der Waals surface area (Å²) in [5.74, 6) is 7.90. The van der Waals surface area contributed by atoms with E-state index in [0.717, 1.165) is 36.7 Å². The first-order valence-corrected chi connectivity index (χ1v) is 7.27. The second-order valence-corrected chi connectivity index (χ2v) is 5.41. The van der Waals surface area contributed by atoms with E-state index in [1.807, 2.05) is 18.7 Å². The number of amides is 2. The van der Waals surface area contributed by atoms with Crippen molar-refractivity contribution in [3.05, 3.63) is 11.4 Å². The summed E-state index contributed by atoms with van der Waals surface area (Å²) >= 11 is 0. The molecule has 0 bridgehead atoms. The van der Waals surface area contributed by atoms with Crippen molar-refractivity contribution in [2.24, 2.45) is 5.84 Å². The van der Waals surface area contributed by atoms with E-state index in [0.29, 0.717) is 18.9 Å². The van der Waals surface area contributed by atoms with Gasteiger partial charge >= 0.3 is 6.03 Å². The lowest BCUT2D eigenvalue weighted by Crippen LogP contribution is -2.52. The maximum absolute atomic E-state index is 11.7. The normalized spacial score (nSPS) is 21.3. The van der Waals surface area contributed by atoms with Crippen molar-refractivity contribution in [3.8, 4) is 0 Å². The van der Waals surface area contributed by atoms with Gasteiger partial charge < -0.3 is 20.5 Å². The SMILES string of the molecule is CCc1nc(NN)c(C)c(N2CCN3C(=O)NCC3C2)n1. The van der Waals surface area contributed by atoms with Crippen LogP contribution >= 0.6 is 0 Å². The summed E-state index contributed by atoms with van der Waals surface area (Å²) in [4.78, 5) is 24.8. The third-order valence-corrected chi connectivity index (χ3v) is 4.15. The van der Waals surface area contributed by atoms with Crippen LogP contribution in [0.15, 0.2) is 0 Å². The molecule has 0 saturated carbocycles. The molecule has 2 fully saturated rings. The van der Waals surface area contributed by atoms with E-state index in [2.05, 4.69) is 25.6 Å². The molecule has 3 rings (SSSR count). The minimum absolute atomic E-state index is 0.0395. The van der Waals surface area contributed by atoms with Crippen LogP contribution in [0.1, 0.15) is 18.3 Å². The molecule has 0 radical (unpaired) electrons. The Bertz CT molecular complexity index is 562. The van der Waals surface area contributed by atoms with E-state index in [1.54, 1.807) is 0 Å². The maximum Gasteiger partial charge on any atom is 0.317 e. The summed E-state index contributed by atoms with van der Waals surface area (Å²) in [6, 6.07) is 0.248. The Hall–Kier alpha value is -2.09. The molecule has 2 aliphatic heterocycles. The largest absolute Gasteiger partial charge is 0.352 e. The topological polar surface area (TPSA) is 99.4 Å². The van der Waals surface area contributed by atoms with Gasteiger partial charge in [0, 0.05) is 38.2 Å². The van der Waals surface area contributed by atoms with Crippen LogP contribution in [0.4, 0.5) is 16.4 Å². The van der Waals surface area contributed by atoms with Gasteiger partial charge in [0.2, 0.25) is 0 Å². The fourth-order valence-electron chi connectivity index (χ4n) is 2.95. The molecule has 2 amide bonds. The summed E-state index contributed by atoms with van der Waals surface area (Å²) in [5.41, 5.74) is 3.59. The maximum atomic E-state index is 11.7. The third kappa shape index (κ3) is 2.35. The van der Waals surface area contributed by atoms with E-state index < -0.39 is 0 Å². The Kier molecular flexibility index (Phi) is 3.54. The van der Waals surface area contributed by atoms with Gasteiger partial charge in [-0.05, 0) is 6.92 Å². The summed E-state index contributed by atoms with van der Waals surface area (Å²) in [6.45, 7) is 6.95. The number of aromatic nitrogens is 2. The fourth-order valence-corrected chi connectivity index (χ4v) is 2.95. The van der Waals surface area contributed by atoms with Gasteiger partial charge in [0.1, 0.15) is 17.5 Å². The molecule has 2 aliphatic rings. The summed E-state index contributed by atoms with van der Waals surface area (Å²) in [7, 11) is 0. The van der Waals surface area contributed by atoms with Crippen molar-refractivity contribution in [1.82, 2.24) is 20.2 Å². The van der Waals surface area contributed by atoms with Crippen LogP contribution in [0.25, 0.3) is 0 Å². The Morgan fingerprint density at radius 2 is 2.24 bits per heavy atom. The summed E-state index contributed by atoms with van der Waals surface area (Å²) in [5, 5.41) is 2.89. The van der Waals surface area contributed by atoms with E-state index in [4.69, 9.17) is 5.84 Å². The molecule has 0 spiro atoms. The van der Waals surface area contributed by atoms with Crippen molar-refractivity contribution < 1.29 is 4.79 Å². The number of hydrazine groups is 1. The van der Waals surface area contributed by atoms with Gasteiger partial charge in [-0.1, -0.05) is 6.92 Å². The number of carbonyl (C=O) groups is 1. The lowest BCUT2D eigenvalue weighted by Gasteiger charge is -2.37. The van der Waals surface area contributed by atoms with Crippen LogP contribution in [0, 0.1) is 6.92 Å². The van der Waals surface area contributed by atoms with Crippen LogP contribution in [-0.2, 0) is 6.42 Å². The predicted octanol–water partition coefficient (Wildman–Crippen LogP) is -0.153. The number of hydrogen-bond acceptors (Lipinski definition) is 6. The average molecular weight is 291 g/mol. The van der Waals surface area contributed by atoms with Gasteiger partial charge in [-0.25, -0.2) is 20.6 Å². The van der Waals surface area contributed by atoms with Crippen LogP contribution in [0.5, 0.6) is 0 Å². The van der Waals surface area contributed by atoms with Crippen molar-refractivity contribution in [2.45, 2.75) is 26.3 Å². The third-order valence-electron chi connectivity index (χ3n) is 4.15. The number of nitrogens with two attached hydrogens (primary N) is 1. The number of carbonyl (C=O) groups excluding carboxylic acids is 1. The Labute approximate surface area is 123 Å². The van der Waals surface area contributed by atoms with Gasteiger partial charge in [-0.2, -0.15) is 0 Å². The standard InChI is InChI=1S/C13H21N7O/c1-3-10-16-11(18-14)8(2)12(17-10)19-4-5-20-9(7-19)6-15-13(20)21/h9H,3-7,14H2,1-2H3,(H,15,21)(H,16,17,18). The molecule has 2 saturated heterocycles. The number of anilines is 2. The molecule has 0 aromatic carbocycles. The number of hydrogen-bond donors (Lipinski definition) is 3. The smallest absolute Gasteiger partial charge is 0.317 e. The highest BCUT2D eigenvalue weighted by Crippen LogP contribution is 2.26. The van der Waals surface area contributed by atoms with Gasteiger partial charge in [0.05, 0.1) is 6.04 Å². The number of nitrogens with one attached hydrogen (secondary N) is 2. The zero-order valence-corrected chi connectivity index (χ0v) is 12.4. The molecule has 1 aromatic rings. The van der Waals surface area contributed by atoms with E-state index in [9.17, 15) is 4.79 Å². The minimum Gasteiger partial charge on any atom is -0.352 e. The predicted molar refractivity (Wildman–Crippen MR) is 80.1 cm³/mol. The molecule has 4 N–H and O–H groups in total. The van der Waals surface area contributed by atoms with E-state index >= 15 is 0 Å². The Morgan fingerprint density at radius 3 is 2.95 bits per heavy atom. The quantitative estimate of drug-likeness (QED) is 0.529. The van der Waals surface area contributed by atoms with Crippen molar-refractivity contribution >= 4 is 17.7 Å². The minimum atomic E-state index is 0.0395. The van der Waals surface area contributed by atoms with Gasteiger partial charge in [0.15, 0.2) is 0 Å². The first-order valence-electron chi connectivity index (χ1n) is 7.27. The molecule has 21 heavy (non-hydrogen) atoms. The first kappa shape index (κ1) is 13.9. The molecule has 0 aliphatic carbocycles. The second-order valence-electron chi connectivity index (χ2n) is 5.41. The van der Waals surface area contributed by atoms with Crippen molar-refractivity contribution in [1.29, 1.82) is 0 Å². The number of fused-ring (bicyclic) bond motifs is 1. The van der Waals surface area contributed by atoms with Crippen LogP contribution in [0.3, 0.4) is 0 Å². The molecule has 8 heteroatoms. The first-order chi connectivity index (χ1) is 10.1. The van der Waals surface area contributed by atoms with Gasteiger partial charge in [-0.3, -0.25) is 0 Å². The number of piperazine rings is 1. The fraction of sp³-hybridized carbons (Fsp3) is 0.615. The zero-order valence-electron chi connectivity index (χ0n) is 12.4. The number of rotatable bonds is 3. The Morgan fingerprint density at radius 1 is 1.43 bits per heavy atom.